The molecule has 0 bridgehead atoms. The third kappa shape index (κ3) is 2.85. The van der Waals surface area contributed by atoms with Gasteiger partial charge >= 0.3 is 0 Å². The van der Waals surface area contributed by atoms with Gasteiger partial charge in [-0.3, -0.25) is 19.9 Å². The van der Waals surface area contributed by atoms with E-state index in [-0.39, 0.29) is 5.92 Å². The van der Waals surface area contributed by atoms with Gasteiger partial charge in [0.05, 0.1) is 33.1 Å². The number of rotatable bonds is 2. The lowest BCUT2D eigenvalue weighted by atomic mass is 9.96. The van der Waals surface area contributed by atoms with Gasteiger partial charge in [-0.2, -0.15) is 0 Å². The van der Waals surface area contributed by atoms with Crippen LogP contribution >= 0.6 is 0 Å². The van der Waals surface area contributed by atoms with Crippen LogP contribution in [-0.2, 0) is 0 Å². The number of aromatic nitrogens is 8. The molecular formula is C30H22N8. The van der Waals surface area contributed by atoms with E-state index in [0.717, 1.165) is 88.5 Å². The topological polar surface area (TPSA) is 109 Å². The van der Waals surface area contributed by atoms with Crippen molar-refractivity contribution >= 4 is 65.7 Å². The molecular weight excluding hydrogens is 472 g/mol. The molecule has 0 amide bonds. The predicted molar refractivity (Wildman–Crippen MR) is 151 cm³/mol. The first kappa shape index (κ1) is 21.1. The van der Waals surface area contributed by atoms with Crippen LogP contribution in [0.15, 0.2) is 61.2 Å². The predicted octanol–water partition coefficient (Wildman–Crippen LogP) is 6.73. The molecule has 0 aliphatic carbocycles. The van der Waals surface area contributed by atoms with E-state index in [1.165, 1.54) is 0 Å². The second-order valence-corrected chi connectivity index (χ2v) is 10.1. The summed E-state index contributed by atoms with van der Waals surface area (Å²) >= 11 is 0. The first-order valence-electron chi connectivity index (χ1n) is 12.7. The molecule has 0 saturated heterocycles. The van der Waals surface area contributed by atoms with E-state index in [4.69, 9.17) is 19.9 Å². The Morgan fingerprint density at radius 1 is 0.553 bits per heavy atom. The van der Waals surface area contributed by atoms with Gasteiger partial charge in [0, 0.05) is 52.3 Å². The zero-order valence-corrected chi connectivity index (χ0v) is 21.0. The quantitative estimate of drug-likeness (QED) is 0.258. The van der Waals surface area contributed by atoms with Crippen LogP contribution in [0.25, 0.3) is 76.8 Å². The summed E-state index contributed by atoms with van der Waals surface area (Å²) in [5.41, 5.74) is 9.26. The van der Waals surface area contributed by atoms with E-state index in [2.05, 4.69) is 70.2 Å². The zero-order valence-electron chi connectivity index (χ0n) is 21.0. The fourth-order valence-corrected chi connectivity index (χ4v) is 5.58. The van der Waals surface area contributed by atoms with E-state index in [0.29, 0.717) is 0 Å². The highest BCUT2D eigenvalue weighted by Crippen LogP contribution is 2.38. The van der Waals surface area contributed by atoms with Crippen molar-refractivity contribution in [3.63, 3.8) is 0 Å². The summed E-state index contributed by atoms with van der Waals surface area (Å²) in [6.07, 6.45) is 6.95. The fourth-order valence-electron chi connectivity index (χ4n) is 5.58. The van der Waals surface area contributed by atoms with Crippen molar-refractivity contribution in [3.8, 4) is 11.1 Å². The maximum Gasteiger partial charge on any atom is 0.115 e. The first-order valence-corrected chi connectivity index (χ1v) is 12.7. The molecule has 0 spiro atoms. The smallest absolute Gasteiger partial charge is 0.115 e. The van der Waals surface area contributed by atoms with Gasteiger partial charge in [0.1, 0.15) is 22.7 Å². The summed E-state index contributed by atoms with van der Waals surface area (Å²) in [4.78, 5) is 35.3. The van der Waals surface area contributed by atoms with Crippen LogP contribution < -0.4 is 0 Å². The van der Waals surface area contributed by atoms with Gasteiger partial charge in [-0.1, -0.05) is 38.1 Å². The van der Waals surface area contributed by atoms with Crippen LogP contribution in [0.2, 0.25) is 0 Å². The van der Waals surface area contributed by atoms with Crippen LogP contribution in [0.3, 0.4) is 0 Å². The highest BCUT2D eigenvalue weighted by Gasteiger charge is 2.18. The Hall–Kier alpha value is -4.98. The van der Waals surface area contributed by atoms with Gasteiger partial charge < -0.3 is 9.97 Å². The number of hydrogen-bond acceptors (Lipinski definition) is 6. The third-order valence-electron chi connectivity index (χ3n) is 7.35. The number of aromatic amines is 2. The van der Waals surface area contributed by atoms with Crippen LogP contribution in [0.1, 0.15) is 31.4 Å². The molecule has 8 rings (SSSR count). The van der Waals surface area contributed by atoms with Gasteiger partial charge in [0.25, 0.3) is 0 Å². The molecule has 0 aliphatic rings. The number of aryl methyl sites for hydroxylation is 1. The number of fused-ring (bicyclic) bond motifs is 12. The minimum absolute atomic E-state index is 0.281. The van der Waals surface area contributed by atoms with E-state index in [1.54, 1.807) is 24.8 Å². The highest BCUT2D eigenvalue weighted by atomic mass is 14.9. The number of imidazole rings is 2. The number of nitrogens with one attached hydrogen (secondary N) is 2. The summed E-state index contributed by atoms with van der Waals surface area (Å²) in [7, 11) is 0. The monoisotopic (exact) mass is 494 g/mol. The lowest BCUT2D eigenvalue weighted by molar-refractivity contribution is 0.799. The van der Waals surface area contributed by atoms with Crippen LogP contribution in [-0.4, -0.2) is 39.9 Å². The largest absolute Gasteiger partial charge is 0.340 e. The molecule has 8 aromatic rings. The minimum atomic E-state index is 0.281. The Balaban J connectivity index is 1.42. The van der Waals surface area contributed by atoms with E-state index >= 15 is 0 Å². The Kier molecular flexibility index (Phi) is 4.18. The van der Waals surface area contributed by atoms with Gasteiger partial charge in [-0.15, -0.1) is 0 Å². The summed E-state index contributed by atoms with van der Waals surface area (Å²) in [6.45, 7) is 6.24. The molecule has 2 N–H and O–H groups in total. The summed E-state index contributed by atoms with van der Waals surface area (Å²) in [5.74, 6) is 2.09. The molecule has 0 aliphatic heterocycles. The molecule has 0 fully saturated rings. The Morgan fingerprint density at radius 3 is 1.61 bits per heavy atom. The normalized spacial score (nSPS) is 12.3. The molecule has 8 nitrogen and oxygen atoms in total. The van der Waals surface area contributed by atoms with E-state index in [1.807, 2.05) is 6.92 Å². The lowest BCUT2D eigenvalue weighted by Gasteiger charge is -2.10. The Bertz CT molecular complexity index is 2240. The molecule has 4 heterocycles. The maximum absolute atomic E-state index is 4.95. The molecule has 38 heavy (non-hydrogen) atoms. The van der Waals surface area contributed by atoms with Crippen molar-refractivity contribution in [1.29, 1.82) is 0 Å². The first-order chi connectivity index (χ1) is 18.6. The zero-order chi connectivity index (χ0) is 25.5. The number of H-pyrrole nitrogens is 2. The van der Waals surface area contributed by atoms with Crippen molar-refractivity contribution in [1.82, 2.24) is 39.9 Å². The molecule has 0 radical (unpaired) electrons. The third-order valence-corrected chi connectivity index (χ3v) is 7.35. The van der Waals surface area contributed by atoms with Crippen molar-refractivity contribution < 1.29 is 0 Å². The average Bonchev–Trinajstić information content (AvgIpc) is 3.58. The van der Waals surface area contributed by atoms with Crippen molar-refractivity contribution in [2.75, 3.05) is 0 Å². The van der Waals surface area contributed by atoms with Crippen LogP contribution in [0.5, 0.6) is 0 Å². The SMILES string of the molecule is Cc1nc2c3ccc(-c4ccc5c(c4)c4nccnc4c4[nH]c(C(C)C)nc54)cc3c3nccnc3c2[nH]1. The number of benzene rings is 4. The summed E-state index contributed by atoms with van der Waals surface area (Å²) in [6, 6.07) is 13.0. The lowest BCUT2D eigenvalue weighted by Crippen LogP contribution is -1.90. The van der Waals surface area contributed by atoms with E-state index in [9.17, 15) is 0 Å². The summed E-state index contributed by atoms with van der Waals surface area (Å²) < 4.78 is 0. The van der Waals surface area contributed by atoms with Gasteiger partial charge in [-0.25, -0.2) is 9.97 Å². The molecule has 0 atom stereocenters. The molecule has 0 unspecified atom stereocenters. The summed E-state index contributed by atoms with van der Waals surface area (Å²) in [5, 5.41) is 4.17. The van der Waals surface area contributed by atoms with Crippen molar-refractivity contribution in [3.05, 3.63) is 72.8 Å². The molecule has 8 heteroatoms. The maximum atomic E-state index is 4.95. The number of hydrogen-bond donors (Lipinski definition) is 2. The van der Waals surface area contributed by atoms with Crippen LogP contribution in [0.4, 0.5) is 0 Å². The minimum Gasteiger partial charge on any atom is -0.340 e. The molecule has 4 aromatic heterocycles. The Labute approximate surface area is 216 Å². The van der Waals surface area contributed by atoms with Gasteiger partial charge in [0.15, 0.2) is 0 Å². The second kappa shape index (κ2) is 7.52. The second-order valence-electron chi connectivity index (χ2n) is 10.1. The highest BCUT2D eigenvalue weighted by molar-refractivity contribution is 6.23. The molecule has 0 saturated carbocycles. The molecule has 182 valence electrons. The average molecular weight is 495 g/mol. The fraction of sp³-hybridized carbons (Fsp3) is 0.133. The number of nitrogens with zero attached hydrogens (tertiary/aromatic N) is 6. The van der Waals surface area contributed by atoms with Gasteiger partial charge in [0.2, 0.25) is 0 Å². The van der Waals surface area contributed by atoms with E-state index < -0.39 is 0 Å². The van der Waals surface area contributed by atoms with Gasteiger partial charge in [-0.05, 0) is 30.2 Å². The van der Waals surface area contributed by atoms with Crippen molar-refractivity contribution in [2.45, 2.75) is 26.7 Å². The Morgan fingerprint density at radius 2 is 1.05 bits per heavy atom. The molecule has 4 aromatic carbocycles. The van der Waals surface area contributed by atoms with Crippen molar-refractivity contribution in [2.24, 2.45) is 0 Å². The van der Waals surface area contributed by atoms with Crippen LogP contribution in [0, 0.1) is 6.92 Å². The standard InChI is InChI=1S/C30H22N8/c1-14(2)30-37-25-19-7-5-17(13-21(19)23-27(29(25)38-30)34-11-9-32-23)16-4-6-18-20(12-16)22-26(33-10-8-31-22)28-24(18)35-15(3)36-28/h4-14H,1-3H3,(H,35,36)(H,37,38).